The average Bonchev–Trinajstić information content (AvgIpc) is 3.52. The number of carbonyl (C=O) groups is 1. The molecule has 1 fully saturated rings. The third-order valence-corrected chi connectivity index (χ3v) is 5.97. The number of methoxy groups -OCH3 is 1. The Morgan fingerprint density at radius 3 is 2.31 bits per heavy atom. The summed E-state index contributed by atoms with van der Waals surface area (Å²) in [5.74, 6) is 0.750. The molecular formula is C21H27N3O4S. The lowest BCUT2D eigenvalue weighted by atomic mass is 10.1. The summed E-state index contributed by atoms with van der Waals surface area (Å²) in [4.78, 5) is 14.8. The predicted molar refractivity (Wildman–Crippen MR) is 111 cm³/mol. The zero-order valence-corrected chi connectivity index (χ0v) is 17.5. The van der Waals surface area contributed by atoms with Crippen LogP contribution in [0.2, 0.25) is 0 Å². The van der Waals surface area contributed by atoms with Crippen LogP contribution in [-0.2, 0) is 21.4 Å². The minimum absolute atomic E-state index is 0.0548. The molecule has 2 aromatic rings. The summed E-state index contributed by atoms with van der Waals surface area (Å²) in [5, 5.41) is 8.11. The number of benzene rings is 2. The van der Waals surface area contributed by atoms with Gasteiger partial charge >= 0.3 is 0 Å². The minimum atomic E-state index is -3.72. The van der Waals surface area contributed by atoms with Crippen LogP contribution in [0.1, 0.15) is 36.9 Å². The molecule has 0 radical (unpaired) electrons. The van der Waals surface area contributed by atoms with Gasteiger partial charge in [0.15, 0.2) is 0 Å². The van der Waals surface area contributed by atoms with E-state index in [0.717, 1.165) is 29.7 Å². The molecule has 0 bridgehead atoms. The van der Waals surface area contributed by atoms with Gasteiger partial charge in [-0.1, -0.05) is 24.3 Å². The summed E-state index contributed by atoms with van der Waals surface area (Å²) in [7, 11) is -2.08. The molecule has 29 heavy (non-hydrogen) atoms. The molecule has 0 aliphatic heterocycles. The Morgan fingerprint density at radius 1 is 1.17 bits per heavy atom. The van der Waals surface area contributed by atoms with Gasteiger partial charge in [-0.2, -0.15) is 0 Å². The van der Waals surface area contributed by atoms with Gasteiger partial charge in [0.25, 0.3) is 0 Å². The number of nitrogens with one attached hydrogen (secondary N) is 1. The molecule has 1 saturated carbocycles. The number of hydrogen-bond acceptors (Lipinski definition) is 5. The highest BCUT2D eigenvalue weighted by Gasteiger charge is 2.30. The highest BCUT2D eigenvalue weighted by molar-refractivity contribution is 7.89. The van der Waals surface area contributed by atoms with Crippen LogP contribution >= 0.6 is 0 Å². The molecule has 1 aliphatic carbocycles. The fraction of sp³-hybridized carbons (Fsp3) is 0.381. The molecule has 0 heterocycles. The second kappa shape index (κ2) is 8.94. The number of ether oxygens (including phenoxy) is 1. The van der Waals surface area contributed by atoms with Crippen molar-refractivity contribution < 1.29 is 17.9 Å². The number of hydrogen-bond donors (Lipinski definition) is 2. The Balaban J connectivity index is 1.58. The van der Waals surface area contributed by atoms with Crippen molar-refractivity contribution in [1.29, 1.82) is 0 Å². The molecule has 156 valence electrons. The van der Waals surface area contributed by atoms with E-state index in [1.807, 2.05) is 31.2 Å². The van der Waals surface area contributed by atoms with Crippen molar-refractivity contribution in [3.8, 4) is 5.75 Å². The van der Waals surface area contributed by atoms with Crippen molar-refractivity contribution in [3.63, 3.8) is 0 Å². The van der Waals surface area contributed by atoms with Crippen molar-refractivity contribution in [3.05, 3.63) is 59.7 Å². The van der Waals surface area contributed by atoms with Gasteiger partial charge in [-0.05, 0) is 55.2 Å². The molecule has 3 rings (SSSR count). The molecule has 0 unspecified atom stereocenters. The highest BCUT2D eigenvalue weighted by Crippen LogP contribution is 2.28. The van der Waals surface area contributed by atoms with Crippen molar-refractivity contribution in [1.82, 2.24) is 10.2 Å². The molecule has 8 heteroatoms. The fourth-order valence-electron chi connectivity index (χ4n) is 3.22. The van der Waals surface area contributed by atoms with E-state index >= 15 is 0 Å². The second-order valence-electron chi connectivity index (χ2n) is 7.39. The number of carbonyl (C=O) groups excluding carboxylic acids is 1. The molecule has 1 amide bonds. The molecule has 1 atom stereocenters. The lowest BCUT2D eigenvalue weighted by Gasteiger charge is -2.23. The summed E-state index contributed by atoms with van der Waals surface area (Å²) in [5.41, 5.74) is 1.95. The van der Waals surface area contributed by atoms with Crippen molar-refractivity contribution in [2.75, 3.05) is 13.7 Å². The number of primary sulfonamides is 1. The first kappa shape index (κ1) is 21.3. The van der Waals surface area contributed by atoms with E-state index in [4.69, 9.17) is 9.88 Å². The van der Waals surface area contributed by atoms with E-state index < -0.39 is 10.0 Å². The van der Waals surface area contributed by atoms with E-state index in [2.05, 4.69) is 10.2 Å². The maximum atomic E-state index is 12.6. The van der Waals surface area contributed by atoms with Gasteiger partial charge < -0.3 is 10.1 Å². The minimum Gasteiger partial charge on any atom is -0.497 e. The topological polar surface area (TPSA) is 102 Å². The Morgan fingerprint density at radius 2 is 1.79 bits per heavy atom. The molecule has 2 aromatic carbocycles. The Bertz CT molecular complexity index is 939. The summed E-state index contributed by atoms with van der Waals surface area (Å²) in [6.07, 6.45) is 2.21. The summed E-state index contributed by atoms with van der Waals surface area (Å²) >= 11 is 0. The van der Waals surface area contributed by atoms with Crippen molar-refractivity contribution in [2.45, 2.75) is 43.3 Å². The van der Waals surface area contributed by atoms with E-state index in [-0.39, 0.29) is 16.8 Å². The second-order valence-corrected chi connectivity index (χ2v) is 8.95. The maximum absolute atomic E-state index is 12.6. The number of amides is 1. The third kappa shape index (κ3) is 6.03. The quantitative estimate of drug-likeness (QED) is 0.651. The molecule has 0 saturated heterocycles. The standard InChI is InChI=1S/C21H27N3O4S/c1-15(17-5-11-20(12-6-17)29(22,26)27)23-21(25)14-24(18-7-8-18)13-16-3-9-19(28-2)10-4-16/h3-6,9-12,15,18H,7-8,13-14H2,1-2H3,(H,23,25)(H2,22,26,27)/t15-/m1/s1. The summed E-state index contributed by atoms with van der Waals surface area (Å²) in [6, 6.07) is 14.3. The number of rotatable bonds is 9. The Hall–Kier alpha value is -2.42. The lowest BCUT2D eigenvalue weighted by Crippen LogP contribution is -2.39. The van der Waals surface area contributed by atoms with Crippen LogP contribution in [0.3, 0.4) is 0 Å². The Kier molecular flexibility index (Phi) is 6.56. The molecule has 1 aliphatic rings. The summed E-state index contributed by atoms with van der Waals surface area (Å²) in [6.45, 7) is 2.89. The van der Waals surface area contributed by atoms with E-state index in [1.165, 1.54) is 12.1 Å². The molecular weight excluding hydrogens is 390 g/mol. The van der Waals surface area contributed by atoms with Crippen LogP contribution in [-0.4, -0.2) is 38.9 Å². The van der Waals surface area contributed by atoms with Gasteiger partial charge in [-0.3, -0.25) is 9.69 Å². The zero-order chi connectivity index (χ0) is 21.0. The van der Waals surface area contributed by atoms with Crippen LogP contribution < -0.4 is 15.2 Å². The zero-order valence-electron chi connectivity index (χ0n) is 16.7. The Labute approximate surface area is 171 Å². The molecule has 3 N–H and O–H groups in total. The van der Waals surface area contributed by atoms with Crippen LogP contribution in [0.15, 0.2) is 53.4 Å². The van der Waals surface area contributed by atoms with Crippen molar-refractivity contribution >= 4 is 15.9 Å². The van der Waals surface area contributed by atoms with Crippen molar-refractivity contribution in [2.24, 2.45) is 5.14 Å². The number of nitrogens with two attached hydrogens (primary N) is 1. The fourth-order valence-corrected chi connectivity index (χ4v) is 3.74. The van der Waals surface area contributed by atoms with E-state index in [0.29, 0.717) is 19.1 Å². The summed E-state index contributed by atoms with van der Waals surface area (Å²) < 4.78 is 27.9. The van der Waals surface area contributed by atoms with Gasteiger partial charge in [0, 0.05) is 12.6 Å². The molecule has 0 spiro atoms. The smallest absolute Gasteiger partial charge is 0.238 e. The van der Waals surface area contributed by atoms with E-state index in [1.54, 1.807) is 19.2 Å². The largest absolute Gasteiger partial charge is 0.497 e. The highest BCUT2D eigenvalue weighted by atomic mass is 32.2. The van der Waals surface area contributed by atoms with Crippen LogP contribution in [0, 0.1) is 0 Å². The number of nitrogens with zero attached hydrogens (tertiary/aromatic N) is 1. The SMILES string of the molecule is COc1ccc(CN(CC(=O)N[C@H](C)c2ccc(S(N)(=O)=O)cc2)C2CC2)cc1. The average molecular weight is 418 g/mol. The third-order valence-electron chi connectivity index (χ3n) is 5.04. The predicted octanol–water partition coefficient (Wildman–Crippen LogP) is 2.18. The monoisotopic (exact) mass is 417 g/mol. The first-order chi connectivity index (χ1) is 13.8. The van der Waals surface area contributed by atoms with Crippen LogP contribution in [0.4, 0.5) is 0 Å². The van der Waals surface area contributed by atoms with Gasteiger partial charge in [0.2, 0.25) is 15.9 Å². The number of sulfonamides is 1. The first-order valence-electron chi connectivity index (χ1n) is 9.55. The molecule has 0 aromatic heterocycles. The van der Waals surface area contributed by atoms with Crippen LogP contribution in [0.5, 0.6) is 5.75 Å². The normalized spacial score (nSPS) is 15.2. The molecule has 7 nitrogen and oxygen atoms in total. The van der Waals surface area contributed by atoms with Gasteiger partial charge in [0.05, 0.1) is 24.6 Å². The van der Waals surface area contributed by atoms with Gasteiger partial charge in [-0.25, -0.2) is 13.6 Å². The first-order valence-corrected chi connectivity index (χ1v) is 11.1. The maximum Gasteiger partial charge on any atom is 0.238 e. The van der Waals surface area contributed by atoms with Crippen LogP contribution in [0.25, 0.3) is 0 Å². The van der Waals surface area contributed by atoms with Gasteiger partial charge in [0.1, 0.15) is 5.75 Å². The van der Waals surface area contributed by atoms with Gasteiger partial charge in [-0.15, -0.1) is 0 Å². The lowest BCUT2D eigenvalue weighted by molar-refractivity contribution is -0.123. The van der Waals surface area contributed by atoms with E-state index in [9.17, 15) is 13.2 Å².